The zero-order valence-electron chi connectivity index (χ0n) is 6.77. The average Bonchev–Trinajstić information content (AvgIpc) is 2.46. The molecule has 0 aromatic heterocycles. The second-order valence-electron chi connectivity index (χ2n) is 3.45. The predicted molar refractivity (Wildman–Crippen MR) is 42.3 cm³/mol. The lowest BCUT2D eigenvalue weighted by Crippen LogP contribution is -2.32. The number of hydrogen-bond donors (Lipinski definition) is 1. The van der Waals surface area contributed by atoms with Gasteiger partial charge in [0.15, 0.2) is 0 Å². The van der Waals surface area contributed by atoms with Crippen LogP contribution in [-0.2, 0) is 9.53 Å². The summed E-state index contributed by atoms with van der Waals surface area (Å²) in [4.78, 5) is 10.9. The van der Waals surface area contributed by atoms with E-state index < -0.39 is 0 Å². The molecule has 1 fully saturated rings. The van der Waals surface area contributed by atoms with Gasteiger partial charge in [-0.15, -0.1) is 0 Å². The van der Waals surface area contributed by atoms with E-state index >= 15 is 0 Å². The maximum Gasteiger partial charge on any atom is 0.306 e. The topological polar surface area (TPSA) is 46.5 Å². The van der Waals surface area contributed by atoms with Gasteiger partial charge in [0.25, 0.3) is 0 Å². The summed E-state index contributed by atoms with van der Waals surface area (Å²) in [6.45, 7) is 0.636. The molecule has 3 heteroatoms. The van der Waals surface area contributed by atoms with Crippen LogP contribution in [0.15, 0.2) is 12.2 Å². The Labute approximate surface area is 71.0 Å². The highest BCUT2D eigenvalue weighted by atomic mass is 16.5. The Morgan fingerprint density at radius 1 is 1.58 bits per heavy atom. The molecule has 3 nitrogen and oxygen atoms in total. The Kier molecular flexibility index (Phi) is 1.89. The van der Waals surface area contributed by atoms with Crippen molar-refractivity contribution in [3.63, 3.8) is 0 Å². The molecule has 0 saturated carbocycles. The lowest BCUT2D eigenvalue weighted by atomic mass is 9.86. The number of cyclic esters (lactones) is 1. The molecular weight excluding hydrogens is 156 g/mol. The summed E-state index contributed by atoms with van der Waals surface area (Å²) in [6, 6.07) is 0. The van der Waals surface area contributed by atoms with Gasteiger partial charge in [0.05, 0.1) is 13.0 Å². The molecule has 0 aromatic carbocycles. The summed E-state index contributed by atoms with van der Waals surface area (Å²) >= 11 is 0. The van der Waals surface area contributed by atoms with E-state index in [2.05, 4.69) is 0 Å². The second-order valence-corrected chi connectivity index (χ2v) is 3.45. The molecule has 2 aliphatic rings. The zero-order chi connectivity index (χ0) is 8.55. The highest BCUT2D eigenvalue weighted by Crippen LogP contribution is 2.35. The van der Waals surface area contributed by atoms with E-state index in [0.29, 0.717) is 24.9 Å². The third-order valence-corrected chi connectivity index (χ3v) is 2.76. The maximum absolute atomic E-state index is 10.9. The van der Waals surface area contributed by atoms with E-state index in [0.717, 1.165) is 0 Å². The molecule has 1 heterocycles. The molecule has 12 heavy (non-hydrogen) atoms. The van der Waals surface area contributed by atoms with Gasteiger partial charge in [-0.05, 0) is 5.92 Å². The van der Waals surface area contributed by atoms with Crippen molar-refractivity contribution < 1.29 is 14.6 Å². The Morgan fingerprint density at radius 3 is 3.17 bits per heavy atom. The lowest BCUT2D eigenvalue weighted by Gasteiger charge is -2.27. The first-order valence-electron chi connectivity index (χ1n) is 4.26. The van der Waals surface area contributed by atoms with E-state index in [-0.39, 0.29) is 18.5 Å². The minimum atomic E-state index is -0.112. The molecule has 0 aromatic rings. The number of esters is 1. The SMILES string of the molecule is O=C1CC2C=CC(CO)C2CO1. The monoisotopic (exact) mass is 168 g/mol. The van der Waals surface area contributed by atoms with Crippen LogP contribution in [0.2, 0.25) is 0 Å². The van der Waals surface area contributed by atoms with Gasteiger partial charge in [-0.3, -0.25) is 4.79 Å². The molecule has 0 amide bonds. The minimum absolute atomic E-state index is 0.112. The fourth-order valence-corrected chi connectivity index (χ4v) is 1.99. The van der Waals surface area contributed by atoms with E-state index in [1.165, 1.54) is 0 Å². The first-order valence-corrected chi connectivity index (χ1v) is 4.26. The summed E-state index contributed by atoms with van der Waals surface area (Å²) in [5.74, 6) is 0.721. The van der Waals surface area contributed by atoms with Crippen LogP contribution >= 0.6 is 0 Å². The van der Waals surface area contributed by atoms with Crippen LogP contribution in [0.4, 0.5) is 0 Å². The lowest BCUT2D eigenvalue weighted by molar-refractivity contribution is -0.152. The number of carbonyl (C=O) groups is 1. The molecule has 3 atom stereocenters. The highest BCUT2D eigenvalue weighted by molar-refractivity contribution is 5.71. The van der Waals surface area contributed by atoms with Crippen LogP contribution in [0.3, 0.4) is 0 Å². The van der Waals surface area contributed by atoms with Crippen molar-refractivity contribution in [2.45, 2.75) is 6.42 Å². The number of allylic oxidation sites excluding steroid dienone is 1. The summed E-state index contributed by atoms with van der Waals surface area (Å²) in [7, 11) is 0. The largest absolute Gasteiger partial charge is 0.465 e. The summed E-state index contributed by atoms with van der Waals surface area (Å²) in [5.41, 5.74) is 0. The highest BCUT2D eigenvalue weighted by Gasteiger charge is 2.36. The molecular formula is C9H12O3. The van der Waals surface area contributed by atoms with Crippen molar-refractivity contribution in [3.05, 3.63) is 12.2 Å². The Balaban J connectivity index is 2.07. The third kappa shape index (κ3) is 1.14. The Bertz CT molecular complexity index is 222. The van der Waals surface area contributed by atoms with Crippen LogP contribution in [0.5, 0.6) is 0 Å². The van der Waals surface area contributed by atoms with Gasteiger partial charge < -0.3 is 9.84 Å². The first-order chi connectivity index (χ1) is 5.81. The molecule has 0 spiro atoms. The van der Waals surface area contributed by atoms with Crippen molar-refractivity contribution in [2.24, 2.45) is 17.8 Å². The molecule has 0 bridgehead atoms. The van der Waals surface area contributed by atoms with Crippen molar-refractivity contribution in [1.29, 1.82) is 0 Å². The fraction of sp³-hybridized carbons (Fsp3) is 0.667. The third-order valence-electron chi connectivity index (χ3n) is 2.76. The van der Waals surface area contributed by atoms with Crippen molar-refractivity contribution >= 4 is 5.97 Å². The molecule has 1 N–H and O–H groups in total. The predicted octanol–water partition coefficient (Wildman–Crippen LogP) is 0.344. The van der Waals surface area contributed by atoms with Gasteiger partial charge in [0.2, 0.25) is 0 Å². The number of aliphatic hydroxyl groups is 1. The zero-order valence-corrected chi connectivity index (χ0v) is 6.77. The van der Waals surface area contributed by atoms with Gasteiger partial charge in [-0.25, -0.2) is 0 Å². The number of fused-ring (bicyclic) bond motifs is 1. The van der Waals surface area contributed by atoms with Gasteiger partial charge in [0, 0.05) is 18.4 Å². The molecule has 66 valence electrons. The summed E-state index contributed by atoms with van der Waals surface area (Å²) in [6.07, 6.45) is 4.51. The molecule has 1 aliphatic heterocycles. The normalized spacial score (nSPS) is 39.4. The molecule has 1 aliphatic carbocycles. The molecule has 2 rings (SSSR count). The van der Waals surface area contributed by atoms with E-state index in [1.54, 1.807) is 0 Å². The van der Waals surface area contributed by atoms with E-state index in [9.17, 15) is 4.79 Å². The van der Waals surface area contributed by atoms with Crippen LogP contribution in [0.25, 0.3) is 0 Å². The van der Waals surface area contributed by atoms with Crippen LogP contribution < -0.4 is 0 Å². The van der Waals surface area contributed by atoms with E-state index in [1.807, 2.05) is 12.2 Å². The molecule has 1 saturated heterocycles. The van der Waals surface area contributed by atoms with Gasteiger partial charge in [0.1, 0.15) is 0 Å². The maximum atomic E-state index is 10.9. The van der Waals surface area contributed by atoms with Gasteiger partial charge in [-0.2, -0.15) is 0 Å². The number of hydrogen-bond acceptors (Lipinski definition) is 3. The van der Waals surface area contributed by atoms with Crippen LogP contribution in [0.1, 0.15) is 6.42 Å². The fourth-order valence-electron chi connectivity index (χ4n) is 1.99. The van der Waals surface area contributed by atoms with E-state index in [4.69, 9.17) is 9.84 Å². The first kappa shape index (κ1) is 7.80. The minimum Gasteiger partial charge on any atom is -0.465 e. The van der Waals surface area contributed by atoms with Crippen LogP contribution in [-0.4, -0.2) is 24.3 Å². The number of rotatable bonds is 1. The molecule has 3 unspecified atom stereocenters. The quantitative estimate of drug-likeness (QED) is 0.453. The van der Waals surface area contributed by atoms with Gasteiger partial charge in [-0.1, -0.05) is 12.2 Å². The number of ether oxygens (including phenoxy) is 1. The average molecular weight is 168 g/mol. The number of carbonyl (C=O) groups excluding carboxylic acids is 1. The van der Waals surface area contributed by atoms with Gasteiger partial charge >= 0.3 is 5.97 Å². The number of aliphatic hydroxyl groups excluding tert-OH is 1. The smallest absolute Gasteiger partial charge is 0.306 e. The Hall–Kier alpha value is -0.830. The second kappa shape index (κ2) is 2.90. The van der Waals surface area contributed by atoms with Crippen molar-refractivity contribution in [2.75, 3.05) is 13.2 Å². The summed E-state index contributed by atoms with van der Waals surface area (Å²) in [5, 5.41) is 8.98. The molecule has 0 radical (unpaired) electrons. The Morgan fingerprint density at radius 2 is 2.42 bits per heavy atom. The standard InChI is InChI=1S/C9H12O3/c10-4-7-2-1-6-3-9(11)12-5-8(6)7/h1-2,6-8,10H,3-5H2. The van der Waals surface area contributed by atoms with Crippen molar-refractivity contribution in [3.8, 4) is 0 Å². The van der Waals surface area contributed by atoms with Crippen LogP contribution in [0, 0.1) is 17.8 Å². The summed E-state index contributed by atoms with van der Waals surface area (Å²) < 4.78 is 4.93. The van der Waals surface area contributed by atoms with Crippen molar-refractivity contribution in [1.82, 2.24) is 0 Å².